The summed E-state index contributed by atoms with van der Waals surface area (Å²) < 4.78 is 4.71. The van der Waals surface area contributed by atoms with Gasteiger partial charge in [0.15, 0.2) is 5.78 Å². The van der Waals surface area contributed by atoms with E-state index in [1.54, 1.807) is 11.4 Å². The van der Waals surface area contributed by atoms with Crippen molar-refractivity contribution in [2.75, 3.05) is 7.11 Å². The van der Waals surface area contributed by atoms with E-state index in [1.807, 2.05) is 30.3 Å². The molecular weight excluding hydrogens is 338 g/mol. The Hall–Kier alpha value is -2.73. The Balaban J connectivity index is 1.93. The summed E-state index contributed by atoms with van der Waals surface area (Å²) in [5, 5.41) is 12.3. The second-order valence-electron chi connectivity index (χ2n) is 5.61. The van der Waals surface area contributed by atoms with E-state index in [9.17, 15) is 14.7 Å². The zero-order chi connectivity index (χ0) is 17.8. The van der Waals surface area contributed by atoms with Gasteiger partial charge in [-0.25, -0.2) is 4.79 Å². The predicted octanol–water partition coefficient (Wildman–Crippen LogP) is 4.20. The molecule has 0 bridgehead atoms. The van der Waals surface area contributed by atoms with Crippen LogP contribution in [0, 0.1) is 0 Å². The Kier molecular flexibility index (Phi) is 5.09. The molecule has 2 aromatic rings. The van der Waals surface area contributed by atoms with Gasteiger partial charge in [0.2, 0.25) is 0 Å². The molecule has 0 unspecified atom stereocenters. The molecule has 1 heterocycles. The number of esters is 1. The number of rotatable bonds is 4. The molecule has 0 aliphatic heterocycles. The fourth-order valence-electron chi connectivity index (χ4n) is 2.81. The van der Waals surface area contributed by atoms with Crippen LogP contribution in [0.1, 0.15) is 34.0 Å². The van der Waals surface area contributed by atoms with Crippen molar-refractivity contribution in [1.29, 1.82) is 0 Å². The number of methoxy groups -OCH3 is 1. The van der Waals surface area contributed by atoms with Crippen LogP contribution in [0.2, 0.25) is 0 Å². The number of benzene rings is 1. The number of ether oxygens (including phenoxy) is 1. The maximum Gasteiger partial charge on any atom is 0.350 e. The minimum atomic E-state index is -0.475. The predicted molar refractivity (Wildman–Crippen MR) is 96.9 cm³/mol. The smallest absolute Gasteiger partial charge is 0.350 e. The fraction of sp³-hybridized carbons (Fsp3) is 0.211. The summed E-state index contributed by atoms with van der Waals surface area (Å²) in [5.41, 5.74) is 1.58. The van der Waals surface area contributed by atoms with Crippen molar-refractivity contribution < 1.29 is 19.4 Å². The number of thiophene rings is 1. The van der Waals surface area contributed by atoms with Gasteiger partial charge in [-0.15, -0.1) is 11.3 Å². The van der Waals surface area contributed by atoms with Crippen LogP contribution in [0.4, 0.5) is 5.69 Å². The van der Waals surface area contributed by atoms with E-state index >= 15 is 0 Å². The van der Waals surface area contributed by atoms with Gasteiger partial charge in [0.05, 0.1) is 18.4 Å². The van der Waals surface area contributed by atoms with Crippen molar-refractivity contribution in [3.05, 3.63) is 63.6 Å². The second kappa shape index (κ2) is 7.44. The number of carbonyl (C=O) groups excluding carboxylic acids is 2. The molecule has 0 saturated heterocycles. The summed E-state index contributed by atoms with van der Waals surface area (Å²) in [4.78, 5) is 28.5. The number of hydrogen-bond donors (Lipinski definition) is 1. The largest absolute Gasteiger partial charge is 0.511 e. The SMILES string of the molecule is COC(=O)c1sccc1N=CC1=C(O)[C@@H](c2ccccc2)CCC1=O. The van der Waals surface area contributed by atoms with Gasteiger partial charge in [0.25, 0.3) is 0 Å². The normalized spacial score (nSPS) is 18.0. The first-order chi connectivity index (χ1) is 12.1. The van der Waals surface area contributed by atoms with Crippen LogP contribution in [-0.2, 0) is 9.53 Å². The Bertz CT molecular complexity index is 851. The Morgan fingerprint density at radius 3 is 2.80 bits per heavy atom. The van der Waals surface area contributed by atoms with E-state index in [0.717, 1.165) is 5.56 Å². The van der Waals surface area contributed by atoms with Crippen molar-refractivity contribution in [2.45, 2.75) is 18.8 Å². The standard InChI is InChI=1S/C19H17NO4S/c1-24-19(23)18-15(9-10-25-18)20-11-14-16(21)8-7-13(17(14)22)12-5-3-2-4-6-12/h2-6,9-11,13,22H,7-8H2,1H3/t13-/m1/s1. The van der Waals surface area contributed by atoms with Gasteiger partial charge in [-0.3, -0.25) is 9.79 Å². The maximum absolute atomic E-state index is 12.2. The van der Waals surface area contributed by atoms with Crippen LogP contribution in [0.5, 0.6) is 0 Å². The van der Waals surface area contributed by atoms with Gasteiger partial charge in [0.1, 0.15) is 10.6 Å². The van der Waals surface area contributed by atoms with Gasteiger partial charge < -0.3 is 9.84 Å². The van der Waals surface area contributed by atoms with Gasteiger partial charge in [-0.05, 0) is 23.4 Å². The lowest BCUT2D eigenvalue weighted by Gasteiger charge is -2.22. The van der Waals surface area contributed by atoms with Crippen LogP contribution in [0.25, 0.3) is 0 Å². The lowest BCUT2D eigenvalue weighted by molar-refractivity contribution is -0.115. The molecule has 1 aromatic heterocycles. The van der Waals surface area contributed by atoms with Crippen LogP contribution in [0.15, 0.2) is 58.1 Å². The Labute approximate surface area is 149 Å². The highest BCUT2D eigenvalue weighted by Crippen LogP contribution is 2.34. The molecule has 5 nitrogen and oxygen atoms in total. The molecule has 0 spiro atoms. The van der Waals surface area contributed by atoms with Crippen LogP contribution in [-0.4, -0.2) is 30.2 Å². The number of hydrogen-bond acceptors (Lipinski definition) is 6. The summed E-state index contributed by atoms with van der Waals surface area (Å²) in [6.45, 7) is 0. The molecule has 0 saturated carbocycles. The number of aliphatic hydroxyl groups excluding tert-OH is 1. The molecule has 0 fully saturated rings. The van der Waals surface area contributed by atoms with Gasteiger partial charge in [-0.2, -0.15) is 0 Å². The van der Waals surface area contributed by atoms with E-state index in [4.69, 9.17) is 4.74 Å². The average Bonchev–Trinajstić information content (AvgIpc) is 3.10. The summed E-state index contributed by atoms with van der Waals surface area (Å²) in [7, 11) is 1.30. The molecule has 1 aliphatic rings. The number of aliphatic hydroxyl groups is 1. The van der Waals surface area contributed by atoms with Crippen LogP contribution >= 0.6 is 11.3 Å². The summed E-state index contributed by atoms with van der Waals surface area (Å²) in [6, 6.07) is 11.2. The molecule has 6 heteroatoms. The highest BCUT2D eigenvalue weighted by Gasteiger charge is 2.28. The Morgan fingerprint density at radius 1 is 1.32 bits per heavy atom. The topological polar surface area (TPSA) is 76.0 Å². The zero-order valence-electron chi connectivity index (χ0n) is 13.6. The highest BCUT2D eigenvalue weighted by molar-refractivity contribution is 7.12. The van der Waals surface area contributed by atoms with E-state index in [2.05, 4.69) is 4.99 Å². The molecule has 25 heavy (non-hydrogen) atoms. The molecule has 1 aromatic carbocycles. The number of Topliss-reactive ketones (excluding diaryl/α,β-unsaturated/α-hetero) is 1. The van der Waals surface area contributed by atoms with Crippen LogP contribution < -0.4 is 0 Å². The Morgan fingerprint density at radius 2 is 2.08 bits per heavy atom. The van der Waals surface area contributed by atoms with E-state index in [1.165, 1.54) is 24.7 Å². The van der Waals surface area contributed by atoms with Crippen molar-refractivity contribution in [3.8, 4) is 0 Å². The third-order valence-electron chi connectivity index (χ3n) is 4.12. The third-order valence-corrected chi connectivity index (χ3v) is 5.00. The maximum atomic E-state index is 12.2. The first-order valence-electron chi connectivity index (χ1n) is 7.83. The fourth-order valence-corrected chi connectivity index (χ4v) is 3.56. The summed E-state index contributed by atoms with van der Waals surface area (Å²) in [6.07, 6.45) is 2.26. The van der Waals surface area contributed by atoms with Crippen molar-refractivity contribution >= 4 is 35.0 Å². The van der Waals surface area contributed by atoms with E-state index < -0.39 is 5.97 Å². The number of aliphatic imine (C=N–C) groups is 1. The molecule has 1 aliphatic carbocycles. The first kappa shape index (κ1) is 17.1. The lowest BCUT2D eigenvalue weighted by atomic mass is 9.83. The third kappa shape index (κ3) is 3.53. The number of allylic oxidation sites excluding steroid dienone is 2. The molecule has 1 atom stereocenters. The summed E-state index contributed by atoms with van der Waals surface area (Å²) >= 11 is 1.22. The van der Waals surface area contributed by atoms with Crippen molar-refractivity contribution in [1.82, 2.24) is 0 Å². The number of nitrogens with zero attached hydrogens (tertiary/aromatic N) is 1. The lowest BCUT2D eigenvalue weighted by Crippen LogP contribution is -2.19. The zero-order valence-corrected chi connectivity index (χ0v) is 14.5. The van der Waals surface area contributed by atoms with Crippen LogP contribution in [0.3, 0.4) is 0 Å². The van der Waals surface area contributed by atoms with Gasteiger partial charge >= 0.3 is 5.97 Å². The molecule has 0 amide bonds. The number of ketones is 1. The summed E-state index contributed by atoms with van der Waals surface area (Å²) in [5.74, 6) is -0.815. The molecule has 128 valence electrons. The number of carbonyl (C=O) groups is 2. The van der Waals surface area contributed by atoms with Crippen molar-refractivity contribution in [3.63, 3.8) is 0 Å². The minimum Gasteiger partial charge on any atom is -0.511 e. The average molecular weight is 355 g/mol. The minimum absolute atomic E-state index is 0.0287. The molecule has 1 N–H and O–H groups in total. The van der Waals surface area contributed by atoms with Gasteiger partial charge in [0, 0.05) is 18.6 Å². The van der Waals surface area contributed by atoms with E-state index in [0.29, 0.717) is 23.4 Å². The molecule has 3 rings (SSSR count). The molecule has 0 radical (unpaired) electrons. The van der Waals surface area contributed by atoms with E-state index in [-0.39, 0.29) is 23.0 Å². The van der Waals surface area contributed by atoms with Crippen molar-refractivity contribution in [2.24, 2.45) is 4.99 Å². The molecular formula is C19H17NO4S. The first-order valence-corrected chi connectivity index (χ1v) is 8.71. The highest BCUT2D eigenvalue weighted by atomic mass is 32.1. The second-order valence-corrected chi connectivity index (χ2v) is 6.52. The quantitative estimate of drug-likeness (QED) is 0.659. The van der Waals surface area contributed by atoms with Gasteiger partial charge in [-0.1, -0.05) is 30.3 Å². The monoisotopic (exact) mass is 355 g/mol.